The van der Waals surface area contributed by atoms with Crippen molar-refractivity contribution in [3.05, 3.63) is 12.7 Å². The summed E-state index contributed by atoms with van der Waals surface area (Å²) >= 11 is 0. The van der Waals surface area contributed by atoms with Crippen molar-refractivity contribution in [1.82, 2.24) is 0 Å². The first kappa shape index (κ1) is 11.7. The second kappa shape index (κ2) is 5.03. The Morgan fingerprint density at radius 2 is 1.88 bits per heavy atom. The number of rotatable bonds is 3. The number of esters is 1. The molecule has 0 heterocycles. The van der Waals surface area contributed by atoms with Crippen molar-refractivity contribution in [1.29, 1.82) is 0 Å². The summed E-state index contributed by atoms with van der Waals surface area (Å²) in [6.45, 7) is 5.74. The fraction of sp³-hybridized carbons (Fsp3) is 0.786. The average Bonchev–Trinajstić information content (AvgIpc) is 2.27. The zero-order valence-corrected chi connectivity index (χ0v) is 10.2. The van der Waals surface area contributed by atoms with E-state index in [-0.39, 0.29) is 12.1 Å². The Morgan fingerprint density at radius 3 is 2.38 bits per heavy atom. The van der Waals surface area contributed by atoms with E-state index in [2.05, 4.69) is 13.5 Å². The molecule has 90 valence electrons. The van der Waals surface area contributed by atoms with Crippen molar-refractivity contribution in [2.24, 2.45) is 17.8 Å². The molecule has 0 amide bonds. The van der Waals surface area contributed by atoms with Crippen LogP contribution in [0.25, 0.3) is 0 Å². The number of hydrogen-bond acceptors (Lipinski definition) is 2. The summed E-state index contributed by atoms with van der Waals surface area (Å²) in [5.41, 5.74) is 0. The number of fused-ring (bicyclic) bond motifs is 2. The predicted octanol–water partition coefficient (Wildman–Crippen LogP) is 3.32. The molecule has 0 aliphatic heterocycles. The lowest BCUT2D eigenvalue weighted by atomic mass is 9.66. The van der Waals surface area contributed by atoms with Crippen LogP contribution >= 0.6 is 0 Å². The van der Waals surface area contributed by atoms with Crippen LogP contribution in [0.5, 0.6) is 0 Å². The van der Waals surface area contributed by atoms with Gasteiger partial charge in [0.15, 0.2) is 0 Å². The molecule has 2 heteroatoms. The standard InChI is InChI=1S/C14H22O2/c1-3-10-5-11-7-12(6-10)9-13(8-11)16-14(15)4-2/h4,10-13H,2-3,5-9H2,1H3. The van der Waals surface area contributed by atoms with Gasteiger partial charge in [-0.3, -0.25) is 0 Å². The monoisotopic (exact) mass is 222 g/mol. The molecule has 0 radical (unpaired) electrons. The van der Waals surface area contributed by atoms with Crippen LogP contribution in [0.3, 0.4) is 0 Å². The molecule has 0 aromatic carbocycles. The first-order valence-electron chi connectivity index (χ1n) is 6.54. The second-order valence-electron chi connectivity index (χ2n) is 5.45. The SMILES string of the molecule is C=CC(=O)OC1CC2CC(CC)CC(C2)C1. The highest BCUT2D eigenvalue weighted by Crippen LogP contribution is 2.44. The van der Waals surface area contributed by atoms with E-state index >= 15 is 0 Å². The maximum Gasteiger partial charge on any atom is 0.330 e. The van der Waals surface area contributed by atoms with Crippen LogP contribution in [0.15, 0.2) is 12.7 Å². The molecule has 2 nitrogen and oxygen atoms in total. The average molecular weight is 222 g/mol. The summed E-state index contributed by atoms with van der Waals surface area (Å²) in [5.74, 6) is 2.25. The molecule has 0 N–H and O–H groups in total. The maximum absolute atomic E-state index is 11.2. The zero-order chi connectivity index (χ0) is 11.5. The highest BCUT2D eigenvalue weighted by atomic mass is 16.5. The number of hydrogen-bond donors (Lipinski definition) is 0. The normalized spacial score (nSPS) is 37.8. The van der Waals surface area contributed by atoms with E-state index in [4.69, 9.17) is 4.74 Å². The third kappa shape index (κ3) is 2.66. The van der Waals surface area contributed by atoms with Crippen LogP contribution < -0.4 is 0 Å². The third-order valence-electron chi connectivity index (χ3n) is 4.22. The van der Waals surface area contributed by atoms with E-state index in [1.807, 2.05) is 0 Å². The van der Waals surface area contributed by atoms with Gasteiger partial charge in [-0.05, 0) is 49.9 Å². The minimum atomic E-state index is -0.253. The van der Waals surface area contributed by atoms with E-state index in [0.29, 0.717) is 0 Å². The van der Waals surface area contributed by atoms with Crippen molar-refractivity contribution in [2.45, 2.75) is 51.6 Å². The van der Waals surface area contributed by atoms with E-state index < -0.39 is 0 Å². The molecule has 0 aromatic rings. The number of carbonyl (C=O) groups is 1. The van der Waals surface area contributed by atoms with E-state index in [1.165, 1.54) is 31.8 Å². The van der Waals surface area contributed by atoms with Gasteiger partial charge in [0, 0.05) is 6.08 Å². The zero-order valence-electron chi connectivity index (χ0n) is 10.2. The molecule has 2 fully saturated rings. The van der Waals surface area contributed by atoms with Crippen molar-refractivity contribution < 1.29 is 9.53 Å². The van der Waals surface area contributed by atoms with Crippen LogP contribution in [0, 0.1) is 17.8 Å². The Kier molecular flexibility index (Phi) is 3.67. The second-order valence-corrected chi connectivity index (χ2v) is 5.45. The fourth-order valence-electron chi connectivity index (χ4n) is 3.57. The molecule has 16 heavy (non-hydrogen) atoms. The Balaban J connectivity index is 1.89. The Hall–Kier alpha value is -0.790. The van der Waals surface area contributed by atoms with E-state index in [9.17, 15) is 4.79 Å². The van der Waals surface area contributed by atoms with Gasteiger partial charge in [0.25, 0.3) is 0 Å². The molecule has 0 spiro atoms. The molecule has 0 aromatic heterocycles. The highest BCUT2D eigenvalue weighted by Gasteiger charge is 2.36. The summed E-state index contributed by atoms with van der Waals surface area (Å²) in [4.78, 5) is 11.2. The summed E-state index contributed by atoms with van der Waals surface area (Å²) < 4.78 is 5.39. The summed E-state index contributed by atoms with van der Waals surface area (Å²) in [6, 6.07) is 0. The van der Waals surface area contributed by atoms with Gasteiger partial charge >= 0.3 is 5.97 Å². The Bertz CT molecular complexity index is 258. The van der Waals surface area contributed by atoms with Crippen molar-refractivity contribution in [3.63, 3.8) is 0 Å². The van der Waals surface area contributed by atoms with Gasteiger partial charge in [-0.1, -0.05) is 19.9 Å². The topological polar surface area (TPSA) is 26.3 Å². The molecule has 2 aliphatic rings. The van der Waals surface area contributed by atoms with Crippen LogP contribution in [0.1, 0.15) is 45.4 Å². The van der Waals surface area contributed by atoms with E-state index in [1.54, 1.807) is 0 Å². The van der Waals surface area contributed by atoms with Gasteiger partial charge in [-0.15, -0.1) is 0 Å². The van der Waals surface area contributed by atoms with Crippen molar-refractivity contribution >= 4 is 5.97 Å². The maximum atomic E-state index is 11.2. The van der Waals surface area contributed by atoms with E-state index in [0.717, 1.165) is 30.6 Å². The van der Waals surface area contributed by atoms with Crippen LogP contribution in [0.2, 0.25) is 0 Å². The molecule has 2 saturated carbocycles. The quantitative estimate of drug-likeness (QED) is 0.541. The van der Waals surface area contributed by atoms with Crippen molar-refractivity contribution in [2.75, 3.05) is 0 Å². The summed E-state index contributed by atoms with van der Waals surface area (Å²) in [7, 11) is 0. The largest absolute Gasteiger partial charge is 0.459 e. The van der Waals surface area contributed by atoms with Gasteiger partial charge in [-0.25, -0.2) is 4.79 Å². The molecule has 2 atom stereocenters. The lowest BCUT2D eigenvalue weighted by Crippen LogP contribution is -2.35. The highest BCUT2D eigenvalue weighted by molar-refractivity contribution is 5.81. The predicted molar refractivity (Wildman–Crippen MR) is 63.9 cm³/mol. The smallest absolute Gasteiger partial charge is 0.330 e. The van der Waals surface area contributed by atoms with Gasteiger partial charge in [0.1, 0.15) is 6.10 Å². The van der Waals surface area contributed by atoms with Crippen molar-refractivity contribution in [3.8, 4) is 0 Å². The lowest BCUT2D eigenvalue weighted by Gasteiger charge is -2.41. The van der Waals surface area contributed by atoms with Crippen LogP contribution in [0.4, 0.5) is 0 Å². The first-order valence-corrected chi connectivity index (χ1v) is 6.54. The molecule has 2 rings (SSSR count). The number of carbonyl (C=O) groups excluding carboxylic acids is 1. The summed E-state index contributed by atoms with van der Waals surface area (Å²) in [6.07, 6.45) is 8.94. The molecule has 0 saturated heterocycles. The van der Waals surface area contributed by atoms with Crippen LogP contribution in [-0.2, 0) is 9.53 Å². The molecular weight excluding hydrogens is 200 g/mol. The Labute approximate surface area is 98.1 Å². The van der Waals surface area contributed by atoms with Gasteiger partial charge in [-0.2, -0.15) is 0 Å². The molecule has 2 bridgehead atoms. The number of ether oxygens (including phenoxy) is 1. The fourth-order valence-corrected chi connectivity index (χ4v) is 3.57. The minimum Gasteiger partial charge on any atom is -0.459 e. The van der Waals surface area contributed by atoms with Crippen LogP contribution in [-0.4, -0.2) is 12.1 Å². The van der Waals surface area contributed by atoms with Gasteiger partial charge in [0.2, 0.25) is 0 Å². The molecular formula is C14H22O2. The third-order valence-corrected chi connectivity index (χ3v) is 4.22. The van der Waals surface area contributed by atoms with Gasteiger partial charge < -0.3 is 4.74 Å². The van der Waals surface area contributed by atoms with Gasteiger partial charge in [0.05, 0.1) is 0 Å². The summed E-state index contributed by atoms with van der Waals surface area (Å²) in [5, 5.41) is 0. The first-order chi connectivity index (χ1) is 7.71. The molecule has 2 aliphatic carbocycles. The lowest BCUT2D eigenvalue weighted by molar-refractivity contribution is -0.147. The Morgan fingerprint density at radius 1 is 1.25 bits per heavy atom. The minimum absolute atomic E-state index is 0.159. The molecule has 2 unspecified atom stereocenters.